The molecule has 0 aliphatic carbocycles. The van der Waals surface area contributed by atoms with Gasteiger partial charge in [-0.05, 0) is 50.4 Å². The predicted octanol–water partition coefficient (Wildman–Crippen LogP) is 2.42. The van der Waals surface area contributed by atoms with Crippen LogP contribution in [0.1, 0.15) is 37.9 Å². The minimum Gasteiger partial charge on any atom is -0.388 e. The molecule has 0 saturated carbocycles. The van der Waals surface area contributed by atoms with E-state index >= 15 is 0 Å². The summed E-state index contributed by atoms with van der Waals surface area (Å²) in [5, 5.41) is 10.3. The summed E-state index contributed by atoms with van der Waals surface area (Å²) in [6, 6.07) is 7.46. The van der Waals surface area contributed by atoms with Gasteiger partial charge in [0, 0.05) is 31.7 Å². The van der Waals surface area contributed by atoms with E-state index in [0.29, 0.717) is 18.5 Å². The Kier molecular flexibility index (Phi) is 4.57. The molecule has 2 saturated heterocycles. The van der Waals surface area contributed by atoms with Crippen LogP contribution >= 0.6 is 0 Å². The van der Waals surface area contributed by atoms with Crippen molar-refractivity contribution in [1.29, 1.82) is 0 Å². The van der Waals surface area contributed by atoms with Crippen molar-refractivity contribution in [3.63, 3.8) is 0 Å². The number of aliphatic hydroxyl groups is 1. The molecule has 2 aliphatic rings. The number of nitrogens with zero attached hydrogens (tertiary/aromatic N) is 2. The first-order chi connectivity index (χ1) is 10.1. The molecule has 3 rings (SSSR count). The zero-order valence-corrected chi connectivity index (χ0v) is 12.7. The average molecular weight is 292 g/mol. The molecule has 0 radical (unpaired) electrons. The molecule has 116 valence electrons. The van der Waals surface area contributed by atoms with Gasteiger partial charge in [-0.25, -0.2) is 4.39 Å². The van der Waals surface area contributed by atoms with E-state index in [4.69, 9.17) is 0 Å². The molecule has 0 aromatic heterocycles. The number of aliphatic hydroxyl groups excluding tert-OH is 1. The summed E-state index contributed by atoms with van der Waals surface area (Å²) in [5.74, 6) is -0.253. The van der Waals surface area contributed by atoms with Gasteiger partial charge in [-0.3, -0.25) is 9.80 Å². The van der Waals surface area contributed by atoms with E-state index in [2.05, 4.69) is 16.7 Å². The van der Waals surface area contributed by atoms with Gasteiger partial charge >= 0.3 is 0 Å². The molecule has 3 nitrogen and oxygen atoms in total. The van der Waals surface area contributed by atoms with Crippen LogP contribution in [0.2, 0.25) is 0 Å². The Hall–Kier alpha value is -0.970. The molecule has 1 aromatic rings. The molecule has 0 spiro atoms. The molecule has 1 aromatic carbocycles. The van der Waals surface area contributed by atoms with Gasteiger partial charge in [0.15, 0.2) is 0 Å². The molecule has 3 atom stereocenters. The number of piperazine rings is 1. The monoisotopic (exact) mass is 292 g/mol. The number of halogens is 1. The Morgan fingerprint density at radius 2 is 2.05 bits per heavy atom. The van der Waals surface area contributed by atoms with Gasteiger partial charge in [0.05, 0.1) is 6.10 Å². The highest BCUT2D eigenvalue weighted by atomic mass is 19.1. The number of hydrogen-bond acceptors (Lipinski definition) is 3. The lowest BCUT2D eigenvalue weighted by atomic mass is 10.0. The van der Waals surface area contributed by atoms with Gasteiger partial charge in [-0.1, -0.05) is 12.1 Å². The van der Waals surface area contributed by atoms with Gasteiger partial charge < -0.3 is 5.11 Å². The van der Waals surface area contributed by atoms with E-state index in [1.54, 1.807) is 12.1 Å². The van der Waals surface area contributed by atoms with Gasteiger partial charge in [-0.2, -0.15) is 0 Å². The number of rotatable bonds is 4. The SMILES string of the molecule is CC1CN2CCCC2CN1CCC(O)c1ccc(F)cc1. The molecule has 21 heavy (non-hydrogen) atoms. The topological polar surface area (TPSA) is 26.7 Å². The molecule has 4 heteroatoms. The van der Waals surface area contributed by atoms with Crippen LogP contribution in [0, 0.1) is 5.82 Å². The van der Waals surface area contributed by atoms with E-state index in [1.807, 2.05) is 0 Å². The largest absolute Gasteiger partial charge is 0.388 e. The van der Waals surface area contributed by atoms with Crippen molar-refractivity contribution in [2.24, 2.45) is 0 Å². The summed E-state index contributed by atoms with van der Waals surface area (Å²) in [5.41, 5.74) is 0.809. The van der Waals surface area contributed by atoms with Crippen LogP contribution in [0.3, 0.4) is 0 Å². The Labute approximate surface area is 126 Å². The fourth-order valence-corrected chi connectivity index (χ4v) is 3.70. The van der Waals surface area contributed by atoms with Gasteiger partial charge in [0.1, 0.15) is 5.82 Å². The minimum absolute atomic E-state index is 0.253. The third-order valence-electron chi connectivity index (χ3n) is 5.01. The first kappa shape index (κ1) is 14.9. The predicted molar refractivity (Wildman–Crippen MR) is 81.6 cm³/mol. The molecule has 3 unspecified atom stereocenters. The van der Waals surface area contributed by atoms with Gasteiger partial charge in [-0.15, -0.1) is 0 Å². The van der Waals surface area contributed by atoms with Gasteiger partial charge in [0.2, 0.25) is 0 Å². The van der Waals surface area contributed by atoms with Crippen LogP contribution in [0.25, 0.3) is 0 Å². The van der Waals surface area contributed by atoms with Crippen LogP contribution < -0.4 is 0 Å². The van der Waals surface area contributed by atoms with Crippen LogP contribution in [0.4, 0.5) is 4.39 Å². The van der Waals surface area contributed by atoms with E-state index in [0.717, 1.165) is 25.2 Å². The summed E-state index contributed by atoms with van der Waals surface area (Å²) in [6.45, 7) is 6.71. The van der Waals surface area contributed by atoms with Crippen LogP contribution in [-0.2, 0) is 0 Å². The average Bonchev–Trinajstić information content (AvgIpc) is 2.92. The zero-order valence-electron chi connectivity index (χ0n) is 12.7. The van der Waals surface area contributed by atoms with Gasteiger partial charge in [0.25, 0.3) is 0 Å². The summed E-state index contributed by atoms with van der Waals surface area (Å²) in [6.07, 6.45) is 2.84. The third-order valence-corrected chi connectivity index (χ3v) is 5.01. The Morgan fingerprint density at radius 3 is 2.81 bits per heavy atom. The second kappa shape index (κ2) is 6.42. The lowest BCUT2D eigenvalue weighted by molar-refractivity contribution is 0.0458. The standard InChI is InChI=1S/C17H25FN2O/c1-13-11-20-9-2-3-16(20)12-19(13)10-8-17(21)14-4-6-15(18)7-5-14/h4-7,13,16-17,21H,2-3,8-12H2,1H3. The summed E-state index contributed by atoms with van der Waals surface area (Å²) in [7, 11) is 0. The van der Waals surface area contributed by atoms with Crippen molar-refractivity contribution in [3.05, 3.63) is 35.6 Å². The number of benzene rings is 1. The first-order valence-electron chi connectivity index (χ1n) is 8.05. The Bertz CT molecular complexity index is 464. The van der Waals surface area contributed by atoms with E-state index in [1.165, 1.54) is 31.5 Å². The van der Waals surface area contributed by atoms with E-state index in [9.17, 15) is 9.50 Å². The highest BCUT2D eigenvalue weighted by Gasteiger charge is 2.34. The quantitative estimate of drug-likeness (QED) is 0.923. The molecule has 2 heterocycles. The van der Waals surface area contributed by atoms with E-state index < -0.39 is 6.10 Å². The molecular formula is C17H25FN2O. The lowest BCUT2D eigenvalue weighted by Gasteiger charge is -2.42. The second-order valence-electron chi connectivity index (χ2n) is 6.49. The maximum absolute atomic E-state index is 12.9. The zero-order chi connectivity index (χ0) is 14.8. The highest BCUT2D eigenvalue weighted by Crippen LogP contribution is 2.26. The van der Waals surface area contributed by atoms with Crippen molar-refractivity contribution < 1.29 is 9.50 Å². The van der Waals surface area contributed by atoms with E-state index in [-0.39, 0.29) is 5.82 Å². The molecule has 1 N–H and O–H groups in total. The third kappa shape index (κ3) is 3.44. The fourth-order valence-electron chi connectivity index (χ4n) is 3.70. The lowest BCUT2D eigenvalue weighted by Crippen LogP contribution is -2.55. The van der Waals surface area contributed by atoms with Crippen molar-refractivity contribution >= 4 is 0 Å². The fraction of sp³-hybridized carbons (Fsp3) is 0.647. The van der Waals surface area contributed by atoms with Crippen LogP contribution in [-0.4, -0.2) is 53.2 Å². The molecule has 2 fully saturated rings. The maximum atomic E-state index is 12.9. The van der Waals surface area contributed by atoms with Crippen molar-refractivity contribution in [2.45, 2.75) is 44.4 Å². The van der Waals surface area contributed by atoms with Crippen LogP contribution in [0.15, 0.2) is 24.3 Å². The number of fused-ring (bicyclic) bond motifs is 1. The molecule has 0 amide bonds. The Morgan fingerprint density at radius 1 is 1.29 bits per heavy atom. The summed E-state index contributed by atoms with van der Waals surface area (Å²) >= 11 is 0. The molecule has 0 bridgehead atoms. The normalized spacial score (nSPS) is 28.5. The highest BCUT2D eigenvalue weighted by molar-refractivity contribution is 5.18. The maximum Gasteiger partial charge on any atom is 0.123 e. The smallest absolute Gasteiger partial charge is 0.123 e. The van der Waals surface area contributed by atoms with Crippen LogP contribution in [0.5, 0.6) is 0 Å². The first-order valence-corrected chi connectivity index (χ1v) is 8.05. The van der Waals surface area contributed by atoms with Crippen molar-refractivity contribution in [1.82, 2.24) is 9.80 Å². The summed E-state index contributed by atoms with van der Waals surface area (Å²) in [4.78, 5) is 5.11. The molecular weight excluding hydrogens is 267 g/mol. The second-order valence-corrected chi connectivity index (χ2v) is 6.49. The van der Waals surface area contributed by atoms with Crippen molar-refractivity contribution in [2.75, 3.05) is 26.2 Å². The molecule has 2 aliphatic heterocycles. The van der Waals surface area contributed by atoms with Crippen molar-refractivity contribution in [3.8, 4) is 0 Å². The number of hydrogen-bond donors (Lipinski definition) is 1. The summed E-state index contributed by atoms with van der Waals surface area (Å²) < 4.78 is 12.9. The minimum atomic E-state index is -0.501. The Balaban J connectivity index is 1.53.